The molecule has 3 rings (SSSR count). The molecule has 1 aromatic carbocycles. The number of nitriles is 1. The van der Waals surface area contributed by atoms with Crippen molar-refractivity contribution in [1.29, 1.82) is 5.26 Å². The average Bonchev–Trinajstić information content (AvgIpc) is 3.13. The number of hydrogen-bond acceptors (Lipinski definition) is 5. The molecule has 4 nitrogen and oxygen atoms in total. The van der Waals surface area contributed by atoms with Crippen molar-refractivity contribution in [2.24, 2.45) is 4.99 Å². The maximum atomic E-state index is 11.4. The number of benzene rings is 1. The highest BCUT2D eigenvalue weighted by molar-refractivity contribution is 7.16. The van der Waals surface area contributed by atoms with Gasteiger partial charge in [-0.1, -0.05) is 12.1 Å². The predicted molar refractivity (Wildman–Crippen MR) is 86.1 cm³/mol. The molecule has 110 valence electrons. The summed E-state index contributed by atoms with van der Waals surface area (Å²) in [5.41, 5.74) is 3.29. The lowest BCUT2D eigenvalue weighted by Gasteiger charge is -1.99. The maximum absolute atomic E-state index is 11.4. The van der Waals surface area contributed by atoms with Gasteiger partial charge in [-0.25, -0.2) is 9.79 Å². The number of carbonyl (C=O) groups is 1. The van der Waals surface area contributed by atoms with Crippen LogP contribution in [-0.4, -0.2) is 19.3 Å². The van der Waals surface area contributed by atoms with Crippen LogP contribution in [0.25, 0.3) is 0 Å². The molecule has 1 heterocycles. The number of carbonyl (C=O) groups excluding carboxylic acids is 1. The summed E-state index contributed by atoms with van der Waals surface area (Å²) in [5.74, 6) is -0.357. The van der Waals surface area contributed by atoms with Gasteiger partial charge in [-0.15, -0.1) is 11.3 Å². The zero-order valence-corrected chi connectivity index (χ0v) is 12.9. The predicted octanol–water partition coefficient (Wildman–Crippen LogP) is 3.65. The number of rotatable bonds is 3. The van der Waals surface area contributed by atoms with Gasteiger partial charge in [0.2, 0.25) is 0 Å². The van der Waals surface area contributed by atoms with E-state index >= 15 is 0 Å². The van der Waals surface area contributed by atoms with Crippen molar-refractivity contribution in [3.8, 4) is 6.07 Å². The summed E-state index contributed by atoms with van der Waals surface area (Å²) in [7, 11) is 1.36. The number of fused-ring (bicyclic) bond motifs is 1. The summed E-state index contributed by atoms with van der Waals surface area (Å²) < 4.78 is 4.66. The Morgan fingerprint density at radius 2 is 2.14 bits per heavy atom. The van der Waals surface area contributed by atoms with E-state index in [0.717, 1.165) is 35.4 Å². The normalized spacial score (nSPS) is 13.1. The molecule has 1 aliphatic rings. The van der Waals surface area contributed by atoms with Crippen LogP contribution < -0.4 is 0 Å². The molecule has 0 spiro atoms. The molecule has 0 saturated carbocycles. The zero-order valence-electron chi connectivity index (χ0n) is 12.1. The number of ether oxygens (including phenoxy) is 1. The highest BCUT2D eigenvalue weighted by Crippen LogP contribution is 2.40. The van der Waals surface area contributed by atoms with Gasteiger partial charge in [0.05, 0.1) is 18.2 Å². The Hall–Kier alpha value is -2.45. The molecular weight excluding hydrogens is 296 g/mol. The minimum absolute atomic E-state index is 0.357. The van der Waals surface area contributed by atoms with Crippen molar-refractivity contribution < 1.29 is 9.53 Å². The monoisotopic (exact) mass is 310 g/mol. The van der Waals surface area contributed by atoms with Crippen LogP contribution in [0.4, 0.5) is 5.00 Å². The van der Waals surface area contributed by atoms with Crippen molar-refractivity contribution in [3.05, 3.63) is 51.4 Å². The van der Waals surface area contributed by atoms with E-state index in [9.17, 15) is 10.1 Å². The van der Waals surface area contributed by atoms with Crippen LogP contribution in [0.3, 0.4) is 0 Å². The van der Waals surface area contributed by atoms with Gasteiger partial charge in [-0.2, -0.15) is 5.26 Å². The number of hydrogen-bond donors (Lipinski definition) is 0. The van der Waals surface area contributed by atoms with E-state index in [0.29, 0.717) is 5.56 Å². The molecule has 0 saturated heterocycles. The van der Waals surface area contributed by atoms with Crippen LogP contribution in [0.5, 0.6) is 0 Å². The number of thiophene rings is 1. The standard InChI is InChI=1S/C17H14N2O2S/c1-21-17(20)12-7-5-11(6-8-12)10-19-16-14(9-18)13-3-2-4-15(13)22-16/h5-8,10H,2-4H2,1H3. The topological polar surface area (TPSA) is 62.4 Å². The Kier molecular flexibility index (Phi) is 4.03. The highest BCUT2D eigenvalue weighted by atomic mass is 32.1. The molecule has 0 bridgehead atoms. The summed E-state index contributed by atoms with van der Waals surface area (Å²) in [6, 6.07) is 9.30. The van der Waals surface area contributed by atoms with Gasteiger partial charge in [0.1, 0.15) is 11.1 Å². The lowest BCUT2D eigenvalue weighted by molar-refractivity contribution is 0.0600. The molecule has 0 amide bonds. The fourth-order valence-electron chi connectivity index (χ4n) is 2.55. The third-order valence-electron chi connectivity index (χ3n) is 3.68. The number of esters is 1. The SMILES string of the molecule is COC(=O)c1ccc(C=Nc2sc3c(c2C#N)CCC3)cc1. The molecule has 0 N–H and O–H groups in total. The smallest absolute Gasteiger partial charge is 0.337 e. The lowest BCUT2D eigenvalue weighted by atomic mass is 10.1. The molecule has 0 radical (unpaired) electrons. The second-order valence-electron chi connectivity index (χ2n) is 5.02. The summed E-state index contributed by atoms with van der Waals surface area (Å²) in [6.07, 6.45) is 4.90. The fourth-order valence-corrected chi connectivity index (χ4v) is 3.74. The number of nitrogens with zero attached hydrogens (tertiary/aromatic N) is 2. The van der Waals surface area contributed by atoms with Crippen molar-refractivity contribution in [1.82, 2.24) is 0 Å². The third kappa shape index (κ3) is 2.66. The number of methoxy groups -OCH3 is 1. The number of aliphatic imine (C=N–C) groups is 1. The summed E-state index contributed by atoms with van der Waals surface area (Å²) in [4.78, 5) is 17.1. The lowest BCUT2D eigenvalue weighted by Crippen LogP contribution is -2.00. The van der Waals surface area contributed by atoms with Crippen LogP contribution in [0.2, 0.25) is 0 Å². The first-order chi connectivity index (χ1) is 10.7. The Balaban J connectivity index is 1.83. The quantitative estimate of drug-likeness (QED) is 0.642. The van der Waals surface area contributed by atoms with Crippen molar-refractivity contribution >= 4 is 28.5 Å². The van der Waals surface area contributed by atoms with Crippen LogP contribution >= 0.6 is 11.3 Å². The third-order valence-corrected chi connectivity index (χ3v) is 4.88. The summed E-state index contributed by atoms with van der Waals surface area (Å²) in [5, 5.41) is 10.1. The largest absolute Gasteiger partial charge is 0.465 e. The van der Waals surface area contributed by atoms with Crippen LogP contribution in [0, 0.1) is 11.3 Å². The van der Waals surface area contributed by atoms with E-state index in [-0.39, 0.29) is 5.97 Å². The Morgan fingerprint density at radius 1 is 1.36 bits per heavy atom. The van der Waals surface area contributed by atoms with E-state index in [4.69, 9.17) is 0 Å². The van der Waals surface area contributed by atoms with Crippen molar-refractivity contribution in [3.63, 3.8) is 0 Å². The molecule has 5 heteroatoms. The minimum Gasteiger partial charge on any atom is -0.465 e. The fraction of sp³-hybridized carbons (Fsp3) is 0.235. The zero-order chi connectivity index (χ0) is 15.5. The Bertz CT molecular complexity index is 782. The molecule has 0 fully saturated rings. The summed E-state index contributed by atoms with van der Waals surface area (Å²) in [6.45, 7) is 0. The van der Waals surface area contributed by atoms with E-state index in [1.54, 1.807) is 29.7 Å². The number of aryl methyl sites for hydroxylation is 1. The van der Waals surface area contributed by atoms with Crippen LogP contribution in [0.15, 0.2) is 29.3 Å². The minimum atomic E-state index is -0.357. The first kappa shape index (κ1) is 14.5. The first-order valence-corrected chi connectivity index (χ1v) is 7.81. The Labute approximate surface area is 132 Å². The second kappa shape index (κ2) is 6.12. The summed E-state index contributed by atoms with van der Waals surface area (Å²) >= 11 is 1.61. The Morgan fingerprint density at radius 3 is 2.82 bits per heavy atom. The second-order valence-corrected chi connectivity index (χ2v) is 6.10. The molecular formula is C17H14N2O2S. The average molecular weight is 310 g/mol. The van der Waals surface area contributed by atoms with E-state index in [2.05, 4.69) is 15.8 Å². The van der Waals surface area contributed by atoms with Gasteiger partial charge >= 0.3 is 5.97 Å². The molecule has 1 aromatic heterocycles. The molecule has 0 unspecified atom stereocenters. The van der Waals surface area contributed by atoms with Gasteiger partial charge < -0.3 is 4.74 Å². The van der Waals surface area contributed by atoms with E-state index in [1.807, 2.05) is 12.1 Å². The van der Waals surface area contributed by atoms with Gasteiger partial charge in [0, 0.05) is 11.1 Å². The van der Waals surface area contributed by atoms with Crippen LogP contribution in [0.1, 0.15) is 38.3 Å². The molecule has 0 aliphatic heterocycles. The maximum Gasteiger partial charge on any atom is 0.337 e. The van der Waals surface area contributed by atoms with Crippen LogP contribution in [-0.2, 0) is 17.6 Å². The molecule has 22 heavy (non-hydrogen) atoms. The van der Waals surface area contributed by atoms with Gasteiger partial charge in [0.25, 0.3) is 0 Å². The molecule has 1 aliphatic carbocycles. The highest BCUT2D eigenvalue weighted by Gasteiger charge is 2.21. The van der Waals surface area contributed by atoms with Gasteiger partial charge in [0.15, 0.2) is 0 Å². The van der Waals surface area contributed by atoms with Gasteiger partial charge in [-0.3, -0.25) is 0 Å². The first-order valence-electron chi connectivity index (χ1n) is 7.00. The van der Waals surface area contributed by atoms with Gasteiger partial charge in [-0.05, 0) is 42.5 Å². The molecule has 2 aromatic rings. The van der Waals surface area contributed by atoms with Crippen molar-refractivity contribution in [2.75, 3.05) is 7.11 Å². The van der Waals surface area contributed by atoms with E-state index in [1.165, 1.54) is 17.6 Å². The van der Waals surface area contributed by atoms with Crippen molar-refractivity contribution in [2.45, 2.75) is 19.3 Å². The molecule has 0 atom stereocenters. The van der Waals surface area contributed by atoms with E-state index < -0.39 is 0 Å².